The number of aliphatic hydroxyl groups is 1. The third-order valence-electron chi connectivity index (χ3n) is 3.83. The van der Waals surface area contributed by atoms with Gasteiger partial charge < -0.3 is 20.6 Å². The number of aliphatic hydroxyl groups excluding tert-OH is 1. The number of hydrogen-bond acceptors (Lipinski definition) is 3. The van der Waals surface area contributed by atoms with Gasteiger partial charge in [-0.3, -0.25) is 4.79 Å². The fourth-order valence-electron chi connectivity index (χ4n) is 2.61. The standard InChI is InChI=1S/C14H17N3O3/c18-4-3-9-7-17(8-9)13(19)10-1-2-11-6-15-14(20)16-12(11)5-10/h1-2,5,9,18H,3-4,6-8H2,(H2,15,16,20). The summed E-state index contributed by atoms with van der Waals surface area (Å²) >= 11 is 0. The summed E-state index contributed by atoms with van der Waals surface area (Å²) in [4.78, 5) is 25.3. The number of nitrogens with one attached hydrogen (secondary N) is 2. The molecule has 0 atom stereocenters. The van der Waals surface area contributed by atoms with E-state index in [4.69, 9.17) is 5.11 Å². The normalized spacial score (nSPS) is 17.9. The molecule has 1 aromatic carbocycles. The van der Waals surface area contributed by atoms with Gasteiger partial charge in [-0.25, -0.2) is 4.79 Å². The van der Waals surface area contributed by atoms with E-state index in [0.717, 1.165) is 12.0 Å². The molecule has 0 aromatic heterocycles. The zero-order valence-corrected chi connectivity index (χ0v) is 11.1. The Kier molecular flexibility index (Phi) is 3.31. The average Bonchev–Trinajstić information content (AvgIpc) is 2.41. The van der Waals surface area contributed by atoms with Crippen LogP contribution in [0, 0.1) is 5.92 Å². The highest BCUT2D eigenvalue weighted by atomic mass is 16.3. The molecule has 2 aliphatic heterocycles. The minimum atomic E-state index is -0.242. The molecule has 2 aliphatic rings. The largest absolute Gasteiger partial charge is 0.396 e. The first-order chi connectivity index (χ1) is 9.67. The number of carbonyl (C=O) groups is 2. The minimum absolute atomic E-state index is 0.0187. The Hall–Kier alpha value is -2.08. The van der Waals surface area contributed by atoms with Gasteiger partial charge in [-0.2, -0.15) is 0 Å². The molecule has 6 nitrogen and oxygen atoms in total. The zero-order chi connectivity index (χ0) is 14.1. The number of likely N-dealkylation sites (tertiary alicyclic amines) is 1. The number of amides is 3. The Bertz CT molecular complexity index is 553. The van der Waals surface area contributed by atoms with E-state index in [9.17, 15) is 9.59 Å². The van der Waals surface area contributed by atoms with E-state index in [-0.39, 0.29) is 18.5 Å². The molecule has 0 radical (unpaired) electrons. The molecule has 0 aliphatic carbocycles. The first-order valence-corrected chi connectivity index (χ1v) is 6.75. The summed E-state index contributed by atoms with van der Waals surface area (Å²) in [5.41, 5.74) is 2.27. The van der Waals surface area contributed by atoms with Crippen molar-refractivity contribution in [1.29, 1.82) is 0 Å². The van der Waals surface area contributed by atoms with Crippen molar-refractivity contribution in [2.24, 2.45) is 5.92 Å². The van der Waals surface area contributed by atoms with Crippen molar-refractivity contribution in [2.75, 3.05) is 25.0 Å². The van der Waals surface area contributed by atoms with Crippen molar-refractivity contribution >= 4 is 17.6 Å². The number of anilines is 1. The molecule has 20 heavy (non-hydrogen) atoms. The van der Waals surface area contributed by atoms with Crippen LogP contribution in [0.5, 0.6) is 0 Å². The van der Waals surface area contributed by atoms with E-state index in [2.05, 4.69) is 10.6 Å². The third kappa shape index (κ3) is 2.34. The number of rotatable bonds is 3. The smallest absolute Gasteiger partial charge is 0.319 e. The van der Waals surface area contributed by atoms with E-state index < -0.39 is 0 Å². The zero-order valence-electron chi connectivity index (χ0n) is 11.1. The fourth-order valence-corrected chi connectivity index (χ4v) is 2.61. The van der Waals surface area contributed by atoms with Gasteiger partial charge in [-0.1, -0.05) is 6.07 Å². The Balaban J connectivity index is 1.70. The first-order valence-electron chi connectivity index (χ1n) is 6.75. The number of hydrogen-bond donors (Lipinski definition) is 3. The van der Waals surface area contributed by atoms with Crippen LogP contribution >= 0.6 is 0 Å². The molecule has 3 amide bonds. The summed E-state index contributed by atoms with van der Waals surface area (Å²) in [5.74, 6) is 0.389. The van der Waals surface area contributed by atoms with Gasteiger partial charge in [0.2, 0.25) is 0 Å². The molecule has 3 rings (SSSR count). The predicted molar refractivity (Wildman–Crippen MR) is 73.4 cm³/mol. The van der Waals surface area contributed by atoms with Gasteiger partial charge in [-0.15, -0.1) is 0 Å². The highest BCUT2D eigenvalue weighted by molar-refractivity contribution is 5.98. The van der Waals surface area contributed by atoms with Crippen LogP contribution in [-0.4, -0.2) is 41.6 Å². The molecule has 0 spiro atoms. The van der Waals surface area contributed by atoms with Crippen molar-refractivity contribution < 1.29 is 14.7 Å². The van der Waals surface area contributed by atoms with E-state index in [1.165, 1.54) is 0 Å². The lowest BCUT2D eigenvalue weighted by Gasteiger charge is -2.39. The van der Waals surface area contributed by atoms with Gasteiger partial charge in [0.15, 0.2) is 0 Å². The first kappa shape index (κ1) is 12.9. The van der Waals surface area contributed by atoms with Gasteiger partial charge in [-0.05, 0) is 30.0 Å². The van der Waals surface area contributed by atoms with Crippen LogP contribution in [0.4, 0.5) is 10.5 Å². The van der Waals surface area contributed by atoms with E-state index in [1.54, 1.807) is 17.0 Å². The average molecular weight is 275 g/mol. The lowest BCUT2D eigenvalue weighted by molar-refractivity contribution is 0.0448. The molecule has 1 fully saturated rings. The van der Waals surface area contributed by atoms with Crippen LogP contribution in [0.25, 0.3) is 0 Å². The number of urea groups is 1. The maximum absolute atomic E-state index is 12.3. The topological polar surface area (TPSA) is 81.7 Å². The van der Waals surface area contributed by atoms with E-state index in [0.29, 0.717) is 36.8 Å². The van der Waals surface area contributed by atoms with E-state index >= 15 is 0 Å². The molecule has 3 N–H and O–H groups in total. The summed E-state index contributed by atoms with van der Waals surface area (Å²) in [6, 6.07) is 5.14. The summed E-state index contributed by atoms with van der Waals surface area (Å²) < 4.78 is 0. The molecule has 0 saturated carbocycles. The minimum Gasteiger partial charge on any atom is -0.396 e. The third-order valence-corrected chi connectivity index (χ3v) is 3.83. The number of nitrogens with zero attached hydrogens (tertiary/aromatic N) is 1. The molecule has 106 valence electrons. The van der Waals surface area contributed by atoms with Crippen molar-refractivity contribution in [3.8, 4) is 0 Å². The fraction of sp³-hybridized carbons (Fsp3) is 0.429. The van der Waals surface area contributed by atoms with Gasteiger partial charge >= 0.3 is 6.03 Å². The maximum atomic E-state index is 12.3. The highest BCUT2D eigenvalue weighted by Crippen LogP contribution is 2.25. The second kappa shape index (κ2) is 5.13. The highest BCUT2D eigenvalue weighted by Gasteiger charge is 2.31. The quantitative estimate of drug-likeness (QED) is 0.762. The summed E-state index contributed by atoms with van der Waals surface area (Å²) in [5, 5.41) is 14.2. The molecule has 1 aromatic rings. The van der Waals surface area contributed by atoms with Crippen LogP contribution in [0.3, 0.4) is 0 Å². The summed E-state index contributed by atoms with van der Waals surface area (Å²) in [7, 11) is 0. The van der Waals surface area contributed by atoms with Crippen molar-refractivity contribution in [3.63, 3.8) is 0 Å². The number of carbonyl (C=O) groups excluding carboxylic acids is 2. The van der Waals surface area contributed by atoms with Crippen molar-refractivity contribution in [2.45, 2.75) is 13.0 Å². The molecular weight excluding hydrogens is 258 g/mol. The van der Waals surface area contributed by atoms with Gasteiger partial charge in [0.05, 0.1) is 0 Å². The summed E-state index contributed by atoms with van der Waals surface area (Å²) in [6.45, 7) is 2.05. The van der Waals surface area contributed by atoms with Crippen molar-refractivity contribution in [3.05, 3.63) is 29.3 Å². The lowest BCUT2D eigenvalue weighted by atomic mass is 9.95. The van der Waals surface area contributed by atoms with Crippen molar-refractivity contribution in [1.82, 2.24) is 10.2 Å². The number of fused-ring (bicyclic) bond motifs is 1. The van der Waals surface area contributed by atoms with Gasteiger partial charge in [0.1, 0.15) is 0 Å². The van der Waals surface area contributed by atoms with Crippen LogP contribution in [0.2, 0.25) is 0 Å². The van der Waals surface area contributed by atoms with Crippen LogP contribution in [-0.2, 0) is 6.54 Å². The maximum Gasteiger partial charge on any atom is 0.319 e. The van der Waals surface area contributed by atoms with Crippen LogP contribution in [0.1, 0.15) is 22.3 Å². The molecule has 2 heterocycles. The molecular formula is C14H17N3O3. The Morgan fingerprint density at radius 3 is 2.95 bits per heavy atom. The Morgan fingerprint density at radius 2 is 2.20 bits per heavy atom. The Morgan fingerprint density at radius 1 is 1.40 bits per heavy atom. The second-order valence-corrected chi connectivity index (χ2v) is 5.27. The molecule has 0 unspecified atom stereocenters. The predicted octanol–water partition coefficient (Wildman–Crippen LogP) is 0.776. The Labute approximate surface area is 116 Å². The van der Waals surface area contributed by atoms with Gasteiger partial charge in [0.25, 0.3) is 5.91 Å². The van der Waals surface area contributed by atoms with Crippen LogP contribution in [0.15, 0.2) is 18.2 Å². The monoisotopic (exact) mass is 275 g/mol. The molecule has 1 saturated heterocycles. The second-order valence-electron chi connectivity index (χ2n) is 5.27. The van der Waals surface area contributed by atoms with Crippen LogP contribution < -0.4 is 10.6 Å². The lowest BCUT2D eigenvalue weighted by Crippen LogP contribution is -2.50. The summed E-state index contributed by atoms with van der Waals surface area (Å²) in [6.07, 6.45) is 0.746. The SMILES string of the molecule is O=C1NCc2ccc(C(=O)N3CC(CCO)C3)cc2N1. The molecule has 0 bridgehead atoms. The molecule has 6 heteroatoms. The number of benzene rings is 1. The van der Waals surface area contributed by atoms with E-state index in [1.807, 2.05) is 6.07 Å². The van der Waals surface area contributed by atoms with Gasteiger partial charge in [0, 0.05) is 37.5 Å².